The predicted molar refractivity (Wildman–Crippen MR) is 280 cm³/mol. The number of amides is 2. The van der Waals surface area contributed by atoms with Gasteiger partial charge in [0.25, 0.3) is 0 Å². The summed E-state index contributed by atoms with van der Waals surface area (Å²) in [5.41, 5.74) is 7.24. The van der Waals surface area contributed by atoms with Crippen molar-refractivity contribution in [2.24, 2.45) is 11.8 Å². The third-order valence-corrected chi connectivity index (χ3v) is 16.1. The first-order chi connectivity index (χ1) is 33.8. The number of sulfone groups is 2. The number of carbonyl (C=O) groups excluding carboxylic acids is 2. The van der Waals surface area contributed by atoms with Crippen molar-refractivity contribution in [3.63, 3.8) is 0 Å². The van der Waals surface area contributed by atoms with Crippen LogP contribution in [0.2, 0.25) is 0 Å². The Kier molecular flexibility index (Phi) is 15.9. The lowest BCUT2D eigenvalue weighted by atomic mass is 9.96. The minimum atomic E-state index is -3.92. The van der Waals surface area contributed by atoms with Gasteiger partial charge >= 0.3 is 12.1 Å². The van der Waals surface area contributed by atoms with Gasteiger partial charge in [0.05, 0.1) is 26.7 Å². The van der Waals surface area contributed by atoms with Gasteiger partial charge < -0.3 is 30.7 Å². The molecule has 0 unspecified atom stereocenters. The largest absolute Gasteiger partial charge is 0.481 e. The Morgan fingerprint density at radius 2 is 1.12 bits per heavy atom. The summed E-state index contributed by atoms with van der Waals surface area (Å²) in [5.74, 6) is -1.16. The van der Waals surface area contributed by atoms with E-state index in [4.69, 9.17) is 15.6 Å². The summed E-state index contributed by atoms with van der Waals surface area (Å²) in [6.07, 6.45) is 2.28. The van der Waals surface area contributed by atoms with Crippen LogP contribution in [-0.4, -0.2) is 109 Å². The van der Waals surface area contributed by atoms with Crippen LogP contribution < -0.4 is 11.1 Å². The Bertz CT molecular complexity index is 3500. The maximum Gasteiger partial charge on any atom is 0.410 e. The van der Waals surface area contributed by atoms with Gasteiger partial charge in [-0.25, -0.2) is 21.6 Å². The van der Waals surface area contributed by atoms with Gasteiger partial charge in [0, 0.05) is 51.9 Å². The molecule has 17 nitrogen and oxygen atoms in total. The monoisotopic (exact) mass is 1040 g/mol. The number of anilines is 2. The van der Waals surface area contributed by atoms with E-state index in [9.17, 15) is 31.2 Å². The number of fused-ring (bicyclic) bond motifs is 4. The molecule has 2 aliphatic rings. The van der Waals surface area contributed by atoms with Crippen LogP contribution in [-0.2, 0) is 34.0 Å². The fraction of sp³-hybridized carbons (Fsp3) is 0.288. The number of nitrogens with one attached hydrogen (secondary N) is 3. The molecule has 8 aromatic rings. The van der Waals surface area contributed by atoms with Crippen LogP contribution in [0.3, 0.4) is 0 Å². The number of aromatic nitrogens is 4. The first-order valence-electron chi connectivity index (χ1n) is 23.2. The van der Waals surface area contributed by atoms with Crippen molar-refractivity contribution in [2.75, 3.05) is 44.3 Å². The Hall–Kier alpha value is -7.06. The number of hydrogen-bond donors (Lipinski definition) is 5. The maximum atomic E-state index is 13.7. The number of nitrogens with zero attached hydrogens (tertiary/aromatic N) is 4. The number of nitrogen functional groups attached to an aromatic ring is 1. The van der Waals surface area contributed by atoms with Gasteiger partial charge in [-0.3, -0.25) is 19.8 Å². The fourth-order valence-corrected chi connectivity index (χ4v) is 11.9. The summed E-state index contributed by atoms with van der Waals surface area (Å²) in [6.45, 7) is 8.18. The Morgan fingerprint density at radius 3 is 1.64 bits per heavy atom. The zero-order chi connectivity index (χ0) is 50.7. The van der Waals surface area contributed by atoms with E-state index >= 15 is 0 Å². The first kappa shape index (κ1) is 52.8. The van der Waals surface area contributed by atoms with Crippen molar-refractivity contribution in [1.29, 1.82) is 0 Å². The van der Waals surface area contributed by atoms with Gasteiger partial charge in [-0.15, -0.1) is 12.4 Å². The van der Waals surface area contributed by atoms with Crippen molar-refractivity contribution < 1.29 is 41.1 Å². The lowest BCUT2D eigenvalue weighted by Gasteiger charge is -2.32. The van der Waals surface area contributed by atoms with Crippen LogP contribution in [0.1, 0.15) is 46.5 Å². The number of nitrogens with two attached hydrogens (primary N) is 1. The average Bonchev–Trinajstić information content (AvgIpc) is 3.99. The Balaban J connectivity index is 0.000000188. The molecular weight excluding hydrogens is 980 g/mol. The number of carboxylic acid groups (broad SMARTS) is 1. The van der Waals surface area contributed by atoms with E-state index in [2.05, 4.69) is 30.6 Å². The number of ether oxygens (including phenoxy) is 1. The number of hydrogen-bond acceptors (Lipinski definition) is 12. The van der Waals surface area contributed by atoms with Gasteiger partial charge in [-0.1, -0.05) is 72.8 Å². The fourth-order valence-electron chi connectivity index (χ4n) is 8.71. The number of halogens is 1. The molecule has 2 aromatic heterocycles. The molecule has 0 saturated carbocycles. The molecule has 2 aliphatic heterocycles. The second-order valence-electron chi connectivity index (χ2n) is 18.7. The van der Waals surface area contributed by atoms with E-state index in [1.807, 2.05) is 70.3 Å². The van der Waals surface area contributed by atoms with Crippen molar-refractivity contribution in [3.05, 3.63) is 121 Å². The molecule has 10 rings (SSSR count). The lowest BCUT2D eigenvalue weighted by molar-refractivity contribution is -0.143. The number of H-pyrrole nitrogens is 2. The smallest absolute Gasteiger partial charge is 0.410 e. The molecule has 6 aromatic carbocycles. The van der Waals surface area contributed by atoms with E-state index in [1.54, 1.807) is 83.8 Å². The van der Waals surface area contributed by atoms with Crippen LogP contribution in [0.4, 0.5) is 16.2 Å². The average molecular weight is 1040 g/mol. The molecule has 4 heterocycles. The van der Waals surface area contributed by atoms with Crippen LogP contribution >= 0.6 is 12.4 Å². The molecule has 0 bridgehead atoms. The normalized spacial score (nSPS) is 15.0. The van der Waals surface area contributed by atoms with Gasteiger partial charge in [-0.05, 0) is 126 Å². The SMILES string of the molecule is CC(C)(C)OC(=O)N1CCC(C(=O)Nc2ccc3n[nH]c(S(=O)(=O)c4cccc5ccccc45)c3c2)CC1.CN1CCC(C(=O)O)CC1.Cl.Nc1ccc2n[nH]c(S(=O)(=O)c3cccc4ccccc34)c2c1. The highest BCUT2D eigenvalue weighted by Gasteiger charge is 2.31. The summed E-state index contributed by atoms with van der Waals surface area (Å²) >= 11 is 0. The molecule has 0 aliphatic carbocycles. The molecule has 2 saturated heterocycles. The molecule has 2 fully saturated rings. The molecule has 0 atom stereocenters. The zero-order valence-corrected chi connectivity index (χ0v) is 42.6. The summed E-state index contributed by atoms with van der Waals surface area (Å²) in [7, 11) is -5.64. The quantitative estimate of drug-likeness (QED) is 0.0936. The summed E-state index contributed by atoms with van der Waals surface area (Å²) in [5, 5.41) is 29.1. The third-order valence-electron chi connectivity index (χ3n) is 12.5. The van der Waals surface area contributed by atoms with E-state index < -0.39 is 31.2 Å². The number of benzene rings is 6. The van der Waals surface area contributed by atoms with Gasteiger partial charge in [0.2, 0.25) is 25.6 Å². The number of likely N-dealkylation sites (tertiary alicyclic amines) is 2. The summed E-state index contributed by atoms with van der Waals surface area (Å²) < 4.78 is 59.0. The van der Waals surface area contributed by atoms with Crippen LogP contribution in [0.5, 0.6) is 0 Å². The summed E-state index contributed by atoms with van der Waals surface area (Å²) in [4.78, 5) is 40.0. The van der Waals surface area contributed by atoms with Crippen molar-refractivity contribution in [1.82, 2.24) is 30.2 Å². The Labute approximate surface area is 423 Å². The topological polar surface area (TPSA) is 251 Å². The molecule has 0 spiro atoms. The Morgan fingerprint density at radius 1 is 0.653 bits per heavy atom. The van der Waals surface area contributed by atoms with E-state index in [1.165, 1.54) is 0 Å². The highest BCUT2D eigenvalue weighted by molar-refractivity contribution is 7.92. The predicted octanol–water partition coefficient (Wildman–Crippen LogP) is 9.10. The first-order valence-corrected chi connectivity index (χ1v) is 26.1. The summed E-state index contributed by atoms with van der Waals surface area (Å²) in [6, 6.07) is 35.1. The maximum absolute atomic E-state index is 13.7. The number of aromatic amines is 2. The van der Waals surface area contributed by atoms with Gasteiger partial charge in [0.15, 0.2) is 10.1 Å². The standard InChI is InChI=1S/C28H30N4O5S.C17H13N3O2S.C7H13NO2.ClH/c1-28(2,3)37-27(34)32-15-13-19(14-16-32)25(33)29-20-11-12-23-22(17-20)26(31-30-23)38(35,36)24-10-6-8-18-7-4-5-9-21(18)24;18-12-8-9-15-14(10-12)17(20-19-15)23(21,22)16-7-3-5-11-4-1-2-6-13(11)16;1-8-4-2-6(3-5-8)7(9)10;/h4-12,17,19H,13-16H2,1-3H3,(H,29,33)(H,30,31);1-10H,18H2,(H,19,20);6H,2-5H2,1H3,(H,9,10);1H. The van der Waals surface area contributed by atoms with E-state index in [0.717, 1.165) is 36.7 Å². The lowest BCUT2D eigenvalue weighted by Crippen LogP contribution is -2.43. The van der Waals surface area contributed by atoms with Crippen LogP contribution in [0.15, 0.2) is 141 Å². The highest BCUT2D eigenvalue weighted by Crippen LogP contribution is 2.34. The molecule has 0 radical (unpaired) electrons. The molecule has 20 heteroatoms. The number of carbonyl (C=O) groups is 3. The van der Waals surface area contributed by atoms with Crippen molar-refractivity contribution in [2.45, 2.75) is 71.9 Å². The second-order valence-corrected chi connectivity index (χ2v) is 22.4. The number of carboxylic acids is 1. The minimum Gasteiger partial charge on any atom is -0.481 e. The van der Waals surface area contributed by atoms with Crippen molar-refractivity contribution >= 4 is 105 Å². The number of rotatable bonds is 7. The minimum absolute atomic E-state index is 0. The zero-order valence-electron chi connectivity index (χ0n) is 40.2. The molecule has 2 amide bonds. The van der Waals surface area contributed by atoms with Crippen LogP contribution in [0.25, 0.3) is 43.4 Å². The van der Waals surface area contributed by atoms with Gasteiger partial charge in [0.1, 0.15) is 5.60 Å². The second kappa shape index (κ2) is 21.7. The number of piperidine rings is 2. The van der Waals surface area contributed by atoms with E-state index in [-0.39, 0.29) is 56.1 Å². The number of aliphatic carboxylic acids is 1. The highest BCUT2D eigenvalue weighted by atomic mass is 35.5. The molecule has 72 heavy (non-hydrogen) atoms. The van der Waals surface area contributed by atoms with Crippen LogP contribution in [0, 0.1) is 11.8 Å². The van der Waals surface area contributed by atoms with Crippen molar-refractivity contribution in [3.8, 4) is 0 Å². The molecular formula is C52H57ClN8O9S2. The van der Waals surface area contributed by atoms with E-state index in [0.29, 0.717) is 69.9 Å². The molecule has 6 N–H and O–H groups in total. The van der Waals surface area contributed by atoms with Gasteiger partial charge in [-0.2, -0.15) is 10.2 Å². The molecule has 378 valence electrons. The third kappa shape index (κ3) is 11.7.